The Morgan fingerprint density at radius 1 is 1.60 bits per heavy atom. The summed E-state index contributed by atoms with van der Waals surface area (Å²) in [5.41, 5.74) is -0.192. The smallest absolute Gasteiger partial charge is 0.271 e. The van der Waals surface area contributed by atoms with Crippen molar-refractivity contribution < 1.29 is 9.90 Å². The van der Waals surface area contributed by atoms with Crippen molar-refractivity contribution in [3.63, 3.8) is 0 Å². The first-order valence-electron chi connectivity index (χ1n) is 4.21. The maximum Gasteiger partial charge on any atom is 0.271 e. The van der Waals surface area contributed by atoms with Gasteiger partial charge in [-0.15, -0.1) is 0 Å². The van der Waals surface area contributed by atoms with E-state index in [1.54, 1.807) is 0 Å². The number of amides is 1. The van der Waals surface area contributed by atoms with Gasteiger partial charge in [0.05, 0.1) is 5.69 Å². The van der Waals surface area contributed by atoms with Crippen LogP contribution in [0.3, 0.4) is 0 Å². The van der Waals surface area contributed by atoms with E-state index in [0.717, 1.165) is 12.3 Å². The summed E-state index contributed by atoms with van der Waals surface area (Å²) >= 11 is 0. The molecule has 80 valence electrons. The molecule has 1 amide bonds. The largest absolute Gasteiger partial charge is 0.503 e. The minimum Gasteiger partial charge on any atom is -0.503 e. The molecular formula is C9H11N3O3. The van der Waals surface area contributed by atoms with E-state index in [1.165, 1.54) is 14.1 Å². The van der Waals surface area contributed by atoms with E-state index in [9.17, 15) is 9.59 Å². The summed E-state index contributed by atoms with van der Waals surface area (Å²) in [7, 11) is 2.90. The molecule has 1 heterocycles. The number of aromatic hydroxyl groups is 1. The highest BCUT2D eigenvalue weighted by molar-refractivity contribution is 6.44. The third-order valence-corrected chi connectivity index (χ3v) is 1.81. The summed E-state index contributed by atoms with van der Waals surface area (Å²) in [4.78, 5) is 28.8. The van der Waals surface area contributed by atoms with Crippen LogP contribution in [0.1, 0.15) is 5.69 Å². The number of carbonyl (C=O) groups excluding carboxylic acids is 1. The van der Waals surface area contributed by atoms with Crippen molar-refractivity contribution in [2.75, 3.05) is 14.1 Å². The zero-order valence-electron chi connectivity index (χ0n) is 8.37. The number of nitrogens with one attached hydrogen (secondary N) is 2. The van der Waals surface area contributed by atoms with Crippen molar-refractivity contribution in [2.45, 2.75) is 0 Å². The molecule has 0 radical (unpaired) electrons. The van der Waals surface area contributed by atoms with Gasteiger partial charge in [-0.3, -0.25) is 14.6 Å². The van der Waals surface area contributed by atoms with E-state index >= 15 is 0 Å². The fraction of sp³-hybridized carbons (Fsp3) is 0.222. The number of rotatable bonds is 2. The van der Waals surface area contributed by atoms with E-state index in [2.05, 4.69) is 15.3 Å². The van der Waals surface area contributed by atoms with Gasteiger partial charge in [0, 0.05) is 26.4 Å². The molecule has 0 aliphatic rings. The Hall–Kier alpha value is -2.11. The molecule has 1 aromatic rings. The second-order valence-corrected chi connectivity index (χ2v) is 2.75. The van der Waals surface area contributed by atoms with Gasteiger partial charge in [0.15, 0.2) is 5.75 Å². The highest BCUT2D eigenvalue weighted by Crippen LogP contribution is 2.00. The van der Waals surface area contributed by atoms with Crippen LogP contribution in [0.15, 0.2) is 22.1 Å². The zero-order valence-corrected chi connectivity index (χ0v) is 8.37. The van der Waals surface area contributed by atoms with Crippen molar-refractivity contribution in [3.8, 4) is 5.75 Å². The summed E-state index contributed by atoms with van der Waals surface area (Å²) in [5, 5.41) is 11.4. The fourth-order valence-electron chi connectivity index (χ4n) is 1.06. The van der Waals surface area contributed by atoms with Crippen LogP contribution in [0.5, 0.6) is 5.75 Å². The van der Waals surface area contributed by atoms with Gasteiger partial charge in [0.2, 0.25) is 5.43 Å². The molecule has 1 aromatic heterocycles. The van der Waals surface area contributed by atoms with Gasteiger partial charge in [-0.2, -0.15) is 0 Å². The predicted octanol–water partition coefficient (Wildman–Crippen LogP) is -0.755. The summed E-state index contributed by atoms with van der Waals surface area (Å²) in [6.45, 7) is 0. The molecule has 0 saturated heterocycles. The molecule has 6 heteroatoms. The van der Waals surface area contributed by atoms with E-state index in [1.807, 2.05) is 0 Å². The van der Waals surface area contributed by atoms with Gasteiger partial charge in [0.25, 0.3) is 5.91 Å². The number of nitrogens with zero attached hydrogens (tertiary/aromatic N) is 1. The number of hydrogen-bond acceptors (Lipinski definition) is 4. The molecule has 3 N–H and O–H groups in total. The first-order chi connectivity index (χ1) is 7.10. The fourth-order valence-corrected chi connectivity index (χ4v) is 1.06. The van der Waals surface area contributed by atoms with Gasteiger partial charge in [-0.25, -0.2) is 0 Å². The molecule has 0 aliphatic heterocycles. The van der Waals surface area contributed by atoms with Crippen molar-refractivity contribution >= 4 is 11.6 Å². The maximum atomic E-state index is 11.3. The second-order valence-electron chi connectivity index (χ2n) is 2.75. The Morgan fingerprint density at radius 2 is 2.27 bits per heavy atom. The first-order valence-corrected chi connectivity index (χ1v) is 4.21. The van der Waals surface area contributed by atoms with Gasteiger partial charge in [-0.1, -0.05) is 0 Å². The lowest BCUT2D eigenvalue weighted by Crippen LogP contribution is -2.29. The summed E-state index contributed by atoms with van der Waals surface area (Å²) in [6.07, 6.45) is 1.12. The second kappa shape index (κ2) is 4.41. The molecule has 0 spiro atoms. The first kappa shape index (κ1) is 11.0. The number of H-pyrrole nitrogens is 1. The van der Waals surface area contributed by atoms with E-state index in [-0.39, 0.29) is 11.4 Å². The Kier molecular flexibility index (Phi) is 3.22. The average molecular weight is 209 g/mol. The topological polar surface area (TPSA) is 94.6 Å². The summed E-state index contributed by atoms with van der Waals surface area (Å²) in [5.74, 6) is -0.801. The van der Waals surface area contributed by atoms with Crippen molar-refractivity contribution in [2.24, 2.45) is 4.99 Å². The molecule has 0 saturated carbocycles. The van der Waals surface area contributed by atoms with Crippen LogP contribution in [0, 0.1) is 0 Å². The molecule has 15 heavy (non-hydrogen) atoms. The van der Waals surface area contributed by atoms with Crippen molar-refractivity contribution in [1.29, 1.82) is 0 Å². The minimum absolute atomic E-state index is 0.106. The third kappa shape index (κ3) is 2.22. The van der Waals surface area contributed by atoms with E-state index in [4.69, 9.17) is 5.11 Å². The highest BCUT2D eigenvalue weighted by atomic mass is 16.3. The van der Waals surface area contributed by atoms with Crippen LogP contribution in [0.4, 0.5) is 0 Å². The summed E-state index contributed by atoms with van der Waals surface area (Å²) in [6, 6.07) is 1.12. The number of likely N-dealkylation sites (N-methyl/N-ethyl adjacent to an activating group) is 1. The lowest BCUT2D eigenvalue weighted by Gasteiger charge is -2.03. The molecule has 0 unspecified atom stereocenters. The van der Waals surface area contributed by atoms with Crippen molar-refractivity contribution in [3.05, 3.63) is 28.2 Å². The Bertz CT molecular complexity index is 462. The minimum atomic E-state index is -0.561. The number of hydrogen-bond donors (Lipinski definition) is 3. The number of pyridine rings is 1. The molecule has 0 atom stereocenters. The average Bonchev–Trinajstić information content (AvgIpc) is 2.24. The lowest BCUT2D eigenvalue weighted by molar-refractivity contribution is -0.114. The SMILES string of the molecule is CN=C(C(=O)NC)c1cc(=O)c(O)c[nH]1. The standard InChI is InChI=1S/C9H11N3O3/c1-10-8(9(15)11-2)5-3-6(13)7(14)4-12-5/h3-4,14H,1-2H3,(H,11,15)(H,12,13). The quantitative estimate of drug-likeness (QED) is 0.559. The van der Waals surface area contributed by atoms with Gasteiger partial charge in [0.1, 0.15) is 5.71 Å². The van der Waals surface area contributed by atoms with Crippen molar-refractivity contribution in [1.82, 2.24) is 10.3 Å². The van der Waals surface area contributed by atoms with Crippen LogP contribution in [-0.4, -0.2) is 35.8 Å². The molecule has 0 aliphatic carbocycles. The third-order valence-electron chi connectivity index (χ3n) is 1.81. The van der Waals surface area contributed by atoms with Gasteiger partial charge >= 0.3 is 0 Å². The Balaban J connectivity index is 3.21. The zero-order chi connectivity index (χ0) is 11.4. The number of aliphatic imine (C=N–C) groups is 1. The Labute approximate surface area is 85.7 Å². The normalized spacial score (nSPS) is 11.2. The molecule has 0 fully saturated rings. The van der Waals surface area contributed by atoms with E-state index in [0.29, 0.717) is 0 Å². The molecule has 6 nitrogen and oxygen atoms in total. The van der Waals surface area contributed by atoms with Crippen LogP contribution in [0.25, 0.3) is 0 Å². The number of carbonyl (C=O) groups is 1. The van der Waals surface area contributed by atoms with Gasteiger partial charge < -0.3 is 15.4 Å². The molecule has 0 aromatic carbocycles. The number of aromatic amines is 1. The van der Waals surface area contributed by atoms with Gasteiger partial charge in [-0.05, 0) is 0 Å². The predicted molar refractivity (Wildman–Crippen MR) is 55.3 cm³/mol. The molecule has 1 rings (SSSR count). The van der Waals surface area contributed by atoms with Crippen LogP contribution in [0.2, 0.25) is 0 Å². The Morgan fingerprint density at radius 3 is 2.73 bits per heavy atom. The maximum absolute atomic E-state index is 11.3. The van der Waals surface area contributed by atoms with E-state index < -0.39 is 17.1 Å². The monoisotopic (exact) mass is 209 g/mol. The molecule has 0 bridgehead atoms. The van der Waals surface area contributed by atoms with Crippen LogP contribution in [-0.2, 0) is 4.79 Å². The number of aromatic nitrogens is 1. The lowest BCUT2D eigenvalue weighted by atomic mass is 10.2. The molecular weight excluding hydrogens is 198 g/mol. The summed E-state index contributed by atoms with van der Waals surface area (Å²) < 4.78 is 0. The highest BCUT2D eigenvalue weighted by Gasteiger charge is 2.12. The van der Waals surface area contributed by atoms with Crippen LogP contribution >= 0.6 is 0 Å². The van der Waals surface area contributed by atoms with Crippen LogP contribution < -0.4 is 10.7 Å².